The third-order valence-corrected chi connectivity index (χ3v) is 5.43. The zero-order valence-electron chi connectivity index (χ0n) is 17.4. The molecule has 0 radical (unpaired) electrons. The highest BCUT2D eigenvalue weighted by Gasteiger charge is 2.26. The van der Waals surface area contributed by atoms with Crippen molar-refractivity contribution in [1.82, 2.24) is 10.2 Å². The molecule has 2 aromatic rings. The molecule has 0 aromatic heterocycles. The van der Waals surface area contributed by atoms with Crippen LogP contribution in [0.4, 0.5) is 0 Å². The number of nitrogens with zero attached hydrogens (tertiary/aromatic N) is 1. The van der Waals surface area contributed by atoms with Crippen LogP contribution in [0, 0.1) is 13.8 Å². The summed E-state index contributed by atoms with van der Waals surface area (Å²) in [6.45, 7) is 8.62. The molecule has 0 saturated carbocycles. The molecule has 4 nitrogen and oxygen atoms in total. The van der Waals surface area contributed by atoms with E-state index in [-0.39, 0.29) is 24.8 Å². The number of nitrogens with one attached hydrogen (secondary N) is 1. The van der Waals surface area contributed by atoms with Crippen molar-refractivity contribution in [2.24, 2.45) is 0 Å². The van der Waals surface area contributed by atoms with Crippen LogP contribution in [0.15, 0.2) is 36.4 Å². The Morgan fingerprint density at radius 2 is 1.66 bits per heavy atom. The Morgan fingerprint density at radius 3 is 2.24 bits per heavy atom. The van der Waals surface area contributed by atoms with E-state index in [1.165, 1.54) is 0 Å². The number of benzene rings is 2. The Labute approximate surface area is 183 Å². The molecule has 156 valence electrons. The van der Waals surface area contributed by atoms with Crippen LogP contribution < -0.4 is 5.32 Å². The van der Waals surface area contributed by atoms with Gasteiger partial charge in [-0.1, -0.05) is 65.5 Å². The Balaban J connectivity index is 2.27. The van der Waals surface area contributed by atoms with Gasteiger partial charge in [0, 0.05) is 13.1 Å². The Bertz CT molecular complexity index is 863. The van der Waals surface area contributed by atoms with Gasteiger partial charge in [0.2, 0.25) is 11.8 Å². The van der Waals surface area contributed by atoms with Crippen LogP contribution in [-0.2, 0) is 22.6 Å². The van der Waals surface area contributed by atoms with Crippen LogP contribution in [0.2, 0.25) is 10.0 Å². The van der Waals surface area contributed by atoms with Gasteiger partial charge in [0.05, 0.1) is 16.5 Å². The summed E-state index contributed by atoms with van der Waals surface area (Å²) in [6.07, 6.45) is 1.07. The van der Waals surface area contributed by atoms with E-state index >= 15 is 0 Å². The largest absolute Gasteiger partial charge is 0.354 e. The van der Waals surface area contributed by atoms with Crippen molar-refractivity contribution in [2.75, 3.05) is 6.54 Å². The van der Waals surface area contributed by atoms with Crippen molar-refractivity contribution < 1.29 is 9.59 Å². The van der Waals surface area contributed by atoms with Gasteiger partial charge in [0.25, 0.3) is 0 Å². The monoisotopic (exact) mass is 434 g/mol. The van der Waals surface area contributed by atoms with Crippen LogP contribution >= 0.6 is 23.2 Å². The average molecular weight is 435 g/mol. The van der Waals surface area contributed by atoms with Gasteiger partial charge in [-0.2, -0.15) is 0 Å². The summed E-state index contributed by atoms with van der Waals surface area (Å²) in [4.78, 5) is 27.4. The summed E-state index contributed by atoms with van der Waals surface area (Å²) in [5.74, 6) is -0.277. The van der Waals surface area contributed by atoms with Crippen LogP contribution in [0.25, 0.3) is 0 Å². The SMILES string of the molecule is CCCNC(=O)C(C)N(Cc1ccc(Cl)c(Cl)c1)C(=O)Cc1cc(C)cc(C)c1. The maximum absolute atomic E-state index is 13.2. The van der Waals surface area contributed by atoms with Crippen molar-refractivity contribution in [1.29, 1.82) is 0 Å². The number of hydrogen-bond donors (Lipinski definition) is 1. The molecule has 0 bridgehead atoms. The molecule has 0 aliphatic heterocycles. The zero-order chi connectivity index (χ0) is 21.6. The van der Waals surface area contributed by atoms with Gasteiger partial charge in [0.15, 0.2) is 0 Å². The summed E-state index contributed by atoms with van der Waals surface area (Å²) < 4.78 is 0. The lowest BCUT2D eigenvalue weighted by Gasteiger charge is -2.29. The van der Waals surface area contributed by atoms with Crippen LogP contribution in [0.1, 0.15) is 42.5 Å². The molecule has 6 heteroatoms. The Kier molecular flexibility index (Phi) is 8.54. The molecular weight excluding hydrogens is 407 g/mol. The number of hydrogen-bond acceptors (Lipinski definition) is 2. The van der Waals surface area contributed by atoms with E-state index in [2.05, 4.69) is 11.4 Å². The lowest BCUT2D eigenvalue weighted by atomic mass is 10.0. The van der Waals surface area contributed by atoms with Gasteiger partial charge in [-0.05, 0) is 50.5 Å². The molecule has 1 unspecified atom stereocenters. The number of halogens is 2. The smallest absolute Gasteiger partial charge is 0.242 e. The third kappa shape index (κ3) is 6.76. The third-order valence-electron chi connectivity index (χ3n) is 4.69. The normalized spacial score (nSPS) is 11.8. The van der Waals surface area contributed by atoms with Crippen LogP contribution in [0.5, 0.6) is 0 Å². The lowest BCUT2D eigenvalue weighted by Crippen LogP contribution is -2.48. The van der Waals surface area contributed by atoms with E-state index in [4.69, 9.17) is 23.2 Å². The van der Waals surface area contributed by atoms with Crippen LogP contribution in [0.3, 0.4) is 0 Å². The molecule has 0 aliphatic carbocycles. The predicted octanol–water partition coefficient (Wildman–Crippen LogP) is 5.10. The second-order valence-corrected chi connectivity index (χ2v) is 8.22. The molecule has 0 aliphatic rings. The van der Waals surface area contributed by atoms with E-state index < -0.39 is 6.04 Å². The number of rotatable bonds is 8. The minimum atomic E-state index is -0.602. The van der Waals surface area contributed by atoms with E-state index in [9.17, 15) is 9.59 Å². The fraction of sp³-hybridized carbons (Fsp3) is 0.391. The summed E-state index contributed by atoms with van der Waals surface area (Å²) in [5, 5.41) is 3.76. The standard InChI is InChI=1S/C23H28Cl2N2O2/c1-5-8-26-23(29)17(4)27(14-18-6-7-20(24)21(25)12-18)22(28)13-19-10-15(2)9-16(3)11-19/h6-7,9-12,17H,5,8,13-14H2,1-4H3,(H,26,29). The Hall–Kier alpha value is -2.04. The van der Waals surface area contributed by atoms with Crippen molar-refractivity contribution in [3.63, 3.8) is 0 Å². The number of aryl methyl sites for hydroxylation is 2. The average Bonchev–Trinajstić information content (AvgIpc) is 2.65. The maximum Gasteiger partial charge on any atom is 0.242 e. The summed E-state index contributed by atoms with van der Waals surface area (Å²) in [7, 11) is 0. The second-order valence-electron chi connectivity index (χ2n) is 7.41. The van der Waals surface area contributed by atoms with Gasteiger partial charge in [-0.15, -0.1) is 0 Å². The molecule has 1 atom stereocenters. The van der Waals surface area contributed by atoms with E-state index in [1.807, 2.05) is 39.0 Å². The molecule has 2 rings (SSSR count). The summed E-state index contributed by atoms with van der Waals surface area (Å²) in [6, 6.07) is 10.7. The molecule has 0 heterocycles. The van der Waals surface area contributed by atoms with Crippen molar-refractivity contribution in [3.05, 3.63) is 68.7 Å². The first-order valence-corrected chi connectivity index (χ1v) is 10.5. The van der Waals surface area contributed by atoms with Gasteiger partial charge in [-0.3, -0.25) is 9.59 Å². The van der Waals surface area contributed by atoms with Crippen molar-refractivity contribution in [3.8, 4) is 0 Å². The highest BCUT2D eigenvalue weighted by Crippen LogP contribution is 2.24. The lowest BCUT2D eigenvalue weighted by molar-refractivity contribution is -0.140. The molecular formula is C23H28Cl2N2O2. The fourth-order valence-electron chi connectivity index (χ4n) is 3.26. The van der Waals surface area contributed by atoms with Gasteiger partial charge in [-0.25, -0.2) is 0 Å². The van der Waals surface area contributed by atoms with E-state index in [0.29, 0.717) is 16.6 Å². The summed E-state index contributed by atoms with van der Waals surface area (Å²) >= 11 is 12.1. The Morgan fingerprint density at radius 1 is 1.00 bits per heavy atom. The van der Waals surface area contributed by atoms with Gasteiger partial charge in [0.1, 0.15) is 6.04 Å². The summed E-state index contributed by atoms with van der Waals surface area (Å²) in [5.41, 5.74) is 3.98. The minimum absolute atomic E-state index is 0.111. The van der Waals surface area contributed by atoms with Crippen molar-refractivity contribution in [2.45, 2.75) is 53.1 Å². The molecule has 1 N–H and O–H groups in total. The molecule has 2 amide bonds. The number of amides is 2. The van der Waals surface area contributed by atoms with Gasteiger partial charge < -0.3 is 10.2 Å². The molecule has 2 aromatic carbocycles. The quantitative estimate of drug-likeness (QED) is 0.628. The zero-order valence-corrected chi connectivity index (χ0v) is 18.9. The molecule has 0 fully saturated rings. The van der Waals surface area contributed by atoms with Crippen molar-refractivity contribution >= 4 is 35.0 Å². The first-order chi connectivity index (χ1) is 13.7. The highest BCUT2D eigenvalue weighted by molar-refractivity contribution is 6.42. The second kappa shape index (κ2) is 10.7. The molecule has 29 heavy (non-hydrogen) atoms. The highest BCUT2D eigenvalue weighted by atomic mass is 35.5. The fourth-order valence-corrected chi connectivity index (χ4v) is 3.58. The van der Waals surface area contributed by atoms with Gasteiger partial charge >= 0.3 is 0 Å². The molecule has 0 spiro atoms. The molecule has 0 saturated heterocycles. The maximum atomic E-state index is 13.2. The topological polar surface area (TPSA) is 49.4 Å². The van der Waals surface area contributed by atoms with E-state index in [0.717, 1.165) is 28.7 Å². The first-order valence-electron chi connectivity index (χ1n) is 9.79. The van der Waals surface area contributed by atoms with Crippen LogP contribution in [-0.4, -0.2) is 29.3 Å². The number of carbonyl (C=O) groups is 2. The first kappa shape index (κ1) is 23.2. The van der Waals surface area contributed by atoms with E-state index in [1.54, 1.807) is 24.0 Å². The minimum Gasteiger partial charge on any atom is -0.354 e. The predicted molar refractivity (Wildman–Crippen MR) is 119 cm³/mol. The number of carbonyl (C=O) groups excluding carboxylic acids is 2.